The smallest absolute Gasteiger partial charge is 0.257 e. The molecule has 2 aliphatic heterocycles. The fourth-order valence-electron chi connectivity index (χ4n) is 3.26. The largest absolute Gasteiger partial charge is 0.382 e. The Balaban J connectivity index is 1.71. The average molecular weight is 294 g/mol. The molecule has 1 aromatic rings. The number of carbonyl (C=O) groups is 1. The minimum atomic E-state index is -0.570. The summed E-state index contributed by atoms with van der Waals surface area (Å²) in [4.78, 5) is 17.9. The molecular weight excluding hydrogens is 275 g/mol. The molecule has 3 rings (SSSR count). The second-order valence-electron chi connectivity index (χ2n) is 5.54. The van der Waals surface area contributed by atoms with Gasteiger partial charge in [0, 0.05) is 19.9 Å². The maximum atomic E-state index is 13.7. The zero-order valence-corrected chi connectivity index (χ0v) is 12.0. The van der Waals surface area contributed by atoms with Crippen LogP contribution in [0.15, 0.2) is 18.5 Å². The van der Waals surface area contributed by atoms with Crippen LogP contribution in [-0.4, -0.2) is 54.3 Å². The number of ether oxygens (including phenoxy) is 2. The number of hydrogen-bond donors (Lipinski definition) is 0. The maximum Gasteiger partial charge on any atom is 0.257 e. The molecule has 0 saturated carbocycles. The molecule has 0 unspecified atom stereocenters. The molecule has 0 bridgehead atoms. The maximum absolute atomic E-state index is 13.7. The SMILES string of the molecule is COC[C@@H]1CC[C@H]2[C@H](CCN2C(=O)c2ccncc2F)O1. The van der Waals surface area contributed by atoms with Crippen molar-refractivity contribution in [1.29, 1.82) is 0 Å². The van der Waals surface area contributed by atoms with Crippen LogP contribution in [0, 0.1) is 5.82 Å². The highest BCUT2D eigenvalue weighted by atomic mass is 19.1. The van der Waals surface area contributed by atoms with Gasteiger partial charge in [0.2, 0.25) is 0 Å². The van der Waals surface area contributed by atoms with Crippen molar-refractivity contribution in [2.24, 2.45) is 0 Å². The van der Waals surface area contributed by atoms with Crippen molar-refractivity contribution in [3.63, 3.8) is 0 Å². The summed E-state index contributed by atoms with van der Waals surface area (Å²) < 4.78 is 24.8. The van der Waals surface area contributed by atoms with Crippen LogP contribution in [0.4, 0.5) is 4.39 Å². The van der Waals surface area contributed by atoms with Gasteiger partial charge in [-0.1, -0.05) is 0 Å². The predicted molar refractivity (Wildman–Crippen MR) is 73.4 cm³/mol. The van der Waals surface area contributed by atoms with Gasteiger partial charge >= 0.3 is 0 Å². The van der Waals surface area contributed by atoms with Crippen molar-refractivity contribution in [2.45, 2.75) is 37.5 Å². The number of aromatic nitrogens is 1. The quantitative estimate of drug-likeness (QED) is 0.850. The predicted octanol–water partition coefficient (Wildman–Crippen LogP) is 1.63. The minimum Gasteiger partial charge on any atom is -0.382 e. The number of nitrogens with zero attached hydrogens (tertiary/aromatic N) is 2. The van der Waals surface area contributed by atoms with E-state index in [1.165, 1.54) is 12.3 Å². The van der Waals surface area contributed by atoms with Crippen molar-refractivity contribution in [3.8, 4) is 0 Å². The van der Waals surface area contributed by atoms with Gasteiger partial charge in [-0.15, -0.1) is 0 Å². The van der Waals surface area contributed by atoms with Crippen LogP contribution in [0.2, 0.25) is 0 Å². The third kappa shape index (κ3) is 2.78. The van der Waals surface area contributed by atoms with Crippen LogP contribution < -0.4 is 0 Å². The first kappa shape index (κ1) is 14.4. The number of hydrogen-bond acceptors (Lipinski definition) is 4. The Labute approximate surface area is 123 Å². The van der Waals surface area contributed by atoms with E-state index in [1.54, 1.807) is 12.0 Å². The van der Waals surface area contributed by atoms with Gasteiger partial charge in [-0.2, -0.15) is 0 Å². The molecule has 3 atom stereocenters. The van der Waals surface area contributed by atoms with Gasteiger partial charge in [0.25, 0.3) is 5.91 Å². The summed E-state index contributed by atoms with van der Waals surface area (Å²) in [6.07, 6.45) is 5.18. The molecular formula is C15H19FN2O3. The van der Waals surface area contributed by atoms with E-state index in [1.807, 2.05) is 0 Å². The molecule has 114 valence electrons. The second-order valence-corrected chi connectivity index (χ2v) is 5.54. The molecule has 2 fully saturated rings. The van der Waals surface area contributed by atoms with E-state index in [-0.39, 0.29) is 29.7 Å². The Kier molecular flexibility index (Phi) is 4.17. The van der Waals surface area contributed by atoms with Crippen LogP contribution in [0.5, 0.6) is 0 Å². The van der Waals surface area contributed by atoms with Gasteiger partial charge < -0.3 is 14.4 Å². The summed E-state index contributed by atoms with van der Waals surface area (Å²) in [7, 11) is 1.66. The van der Waals surface area contributed by atoms with Gasteiger partial charge in [0.15, 0.2) is 5.82 Å². The van der Waals surface area contributed by atoms with Gasteiger partial charge in [0.05, 0.1) is 36.6 Å². The fourth-order valence-corrected chi connectivity index (χ4v) is 3.26. The summed E-state index contributed by atoms with van der Waals surface area (Å²) in [5, 5.41) is 0. The van der Waals surface area contributed by atoms with Crippen LogP contribution in [0.25, 0.3) is 0 Å². The van der Waals surface area contributed by atoms with Gasteiger partial charge in [0.1, 0.15) is 0 Å². The van der Waals surface area contributed by atoms with Crippen molar-refractivity contribution in [2.75, 3.05) is 20.3 Å². The van der Waals surface area contributed by atoms with E-state index in [9.17, 15) is 9.18 Å². The van der Waals surface area contributed by atoms with Crippen molar-refractivity contribution in [1.82, 2.24) is 9.88 Å². The fraction of sp³-hybridized carbons (Fsp3) is 0.600. The monoisotopic (exact) mass is 294 g/mol. The zero-order valence-electron chi connectivity index (χ0n) is 12.0. The third-order valence-electron chi connectivity index (χ3n) is 4.25. The van der Waals surface area contributed by atoms with E-state index in [0.29, 0.717) is 13.2 Å². The highest BCUT2D eigenvalue weighted by Crippen LogP contribution is 2.32. The normalized spacial score (nSPS) is 28.5. The van der Waals surface area contributed by atoms with E-state index >= 15 is 0 Å². The van der Waals surface area contributed by atoms with Gasteiger partial charge in [-0.3, -0.25) is 9.78 Å². The molecule has 1 aromatic heterocycles. The Hall–Kier alpha value is -1.53. The Morgan fingerprint density at radius 2 is 2.38 bits per heavy atom. The minimum absolute atomic E-state index is 0.0350. The van der Waals surface area contributed by atoms with Crippen LogP contribution in [0.3, 0.4) is 0 Å². The summed E-state index contributed by atoms with van der Waals surface area (Å²) in [5.74, 6) is -0.837. The third-order valence-corrected chi connectivity index (χ3v) is 4.25. The van der Waals surface area contributed by atoms with E-state index in [0.717, 1.165) is 25.5 Å². The molecule has 5 nitrogen and oxygen atoms in total. The van der Waals surface area contributed by atoms with Crippen molar-refractivity contribution < 1.29 is 18.7 Å². The standard InChI is InChI=1S/C15H19FN2O3/c1-20-9-10-2-3-13-14(21-10)5-7-18(13)15(19)11-4-6-17-8-12(11)16/h4,6,8,10,13-14H,2-3,5,7,9H2,1H3/t10-,13-,14-/m0/s1. The van der Waals surface area contributed by atoms with Crippen molar-refractivity contribution in [3.05, 3.63) is 29.8 Å². The molecule has 1 amide bonds. The second kappa shape index (κ2) is 6.07. The number of amides is 1. The first-order valence-electron chi connectivity index (χ1n) is 7.25. The average Bonchev–Trinajstić information content (AvgIpc) is 2.90. The lowest BCUT2D eigenvalue weighted by atomic mass is 9.99. The molecule has 0 N–H and O–H groups in total. The number of halogens is 1. The summed E-state index contributed by atoms with van der Waals surface area (Å²) >= 11 is 0. The zero-order chi connectivity index (χ0) is 14.8. The number of carbonyl (C=O) groups excluding carboxylic acids is 1. The molecule has 6 heteroatoms. The lowest BCUT2D eigenvalue weighted by Crippen LogP contribution is -2.46. The summed E-state index contributed by atoms with van der Waals surface area (Å²) in [5.41, 5.74) is 0.0877. The number of rotatable bonds is 3. The highest BCUT2D eigenvalue weighted by Gasteiger charge is 2.42. The number of pyridine rings is 1. The summed E-state index contributed by atoms with van der Waals surface area (Å²) in [6, 6.07) is 1.47. The first-order chi connectivity index (χ1) is 10.2. The van der Waals surface area contributed by atoms with Crippen molar-refractivity contribution >= 4 is 5.91 Å². The molecule has 0 spiro atoms. The number of fused-ring (bicyclic) bond motifs is 1. The summed E-state index contributed by atoms with van der Waals surface area (Å²) in [6.45, 7) is 1.19. The Bertz CT molecular complexity index is 525. The van der Waals surface area contributed by atoms with Gasteiger partial charge in [-0.05, 0) is 25.3 Å². The Morgan fingerprint density at radius 1 is 1.52 bits per heavy atom. The van der Waals surface area contributed by atoms with Crippen LogP contribution in [-0.2, 0) is 9.47 Å². The first-order valence-corrected chi connectivity index (χ1v) is 7.25. The molecule has 2 aliphatic rings. The molecule has 0 aromatic carbocycles. The topological polar surface area (TPSA) is 51.7 Å². The van der Waals surface area contributed by atoms with Gasteiger partial charge in [-0.25, -0.2) is 4.39 Å². The molecule has 2 saturated heterocycles. The Morgan fingerprint density at radius 3 is 3.14 bits per heavy atom. The molecule has 0 aliphatic carbocycles. The van der Waals surface area contributed by atoms with E-state index in [4.69, 9.17) is 9.47 Å². The molecule has 21 heavy (non-hydrogen) atoms. The number of likely N-dealkylation sites (tertiary alicyclic amines) is 1. The molecule has 0 radical (unpaired) electrons. The van der Waals surface area contributed by atoms with E-state index in [2.05, 4.69) is 4.98 Å². The lowest BCUT2D eigenvalue weighted by molar-refractivity contribution is -0.0903. The van der Waals surface area contributed by atoms with Crippen LogP contribution in [0.1, 0.15) is 29.6 Å². The molecule has 3 heterocycles. The highest BCUT2D eigenvalue weighted by molar-refractivity contribution is 5.94. The van der Waals surface area contributed by atoms with Crippen LogP contribution >= 0.6 is 0 Å². The lowest BCUT2D eigenvalue weighted by Gasteiger charge is -2.35. The number of methoxy groups -OCH3 is 1. The van der Waals surface area contributed by atoms with E-state index < -0.39 is 5.82 Å².